The Hall–Kier alpha value is -5.12. The summed E-state index contributed by atoms with van der Waals surface area (Å²) in [5, 5.41) is 5.05. The minimum atomic E-state index is -0.107. The second-order valence-electron chi connectivity index (χ2n) is 15.2. The molecular weight excluding hydrogens is 620 g/mol. The number of hydrogen-bond acceptors (Lipinski definition) is 1. The van der Waals surface area contributed by atoms with Gasteiger partial charge in [-0.25, -0.2) is 0 Å². The fourth-order valence-electron chi connectivity index (χ4n) is 7.21. The van der Waals surface area contributed by atoms with E-state index < -0.39 is 0 Å². The fourth-order valence-corrected chi connectivity index (χ4v) is 7.50. The lowest BCUT2D eigenvalue weighted by Gasteiger charge is -2.19. The lowest BCUT2D eigenvalue weighted by Crippen LogP contribution is -2.10. The van der Waals surface area contributed by atoms with Crippen LogP contribution >= 0.6 is 11.6 Å². The van der Waals surface area contributed by atoms with Crippen LogP contribution in [0.5, 0.6) is 0 Å². The maximum atomic E-state index is 14.4. The highest BCUT2D eigenvalue weighted by molar-refractivity contribution is 6.37. The van der Waals surface area contributed by atoms with Crippen molar-refractivity contribution in [3.8, 4) is 11.4 Å². The maximum Gasteiger partial charge on any atom is 0.194 e. The summed E-state index contributed by atoms with van der Waals surface area (Å²) < 4.78 is 4.45. The van der Waals surface area contributed by atoms with Gasteiger partial charge in [0.2, 0.25) is 0 Å². The van der Waals surface area contributed by atoms with Crippen molar-refractivity contribution in [2.45, 2.75) is 52.4 Å². The monoisotopic (exact) mass is 658 g/mol. The predicted octanol–water partition coefficient (Wildman–Crippen LogP) is 12.4. The van der Waals surface area contributed by atoms with E-state index in [0.29, 0.717) is 16.1 Å². The molecule has 0 saturated heterocycles. The van der Waals surface area contributed by atoms with Crippen LogP contribution in [0.1, 0.15) is 68.6 Å². The molecule has 8 rings (SSSR count). The van der Waals surface area contributed by atoms with E-state index in [0.717, 1.165) is 44.2 Å². The smallest absolute Gasteiger partial charge is 0.194 e. The third-order valence-corrected chi connectivity index (χ3v) is 10.3. The molecule has 8 aromatic rings. The minimum absolute atomic E-state index is 0.00154. The highest BCUT2D eigenvalue weighted by Gasteiger charge is 2.24. The highest BCUT2D eigenvalue weighted by atomic mass is 35.5. The number of hydrogen-bond donors (Lipinski definition) is 0. The van der Waals surface area contributed by atoms with Crippen molar-refractivity contribution in [3.05, 3.63) is 155 Å². The molecule has 0 N–H and O–H groups in total. The molecule has 3 nitrogen and oxygen atoms in total. The number of benzene rings is 6. The molecular formula is C45H39ClN2O. The van der Waals surface area contributed by atoms with Crippen LogP contribution in [0.3, 0.4) is 0 Å². The summed E-state index contributed by atoms with van der Waals surface area (Å²) in [6.07, 6.45) is 0. The van der Waals surface area contributed by atoms with Gasteiger partial charge in [-0.05, 0) is 82.6 Å². The molecule has 6 aromatic carbocycles. The molecule has 0 fully saturated rings. The van der Waals surface area contributed by atoms with Crippen LogP contribution in [-0.4, -0.2) is 14.9 Å². The predicted molar refractivity (Wildman–Crippen MR) is 207 cm³/mol. The van der Waals surface area contributed by atoms with Gasteiger partial charge in [-0.2, -0.15) is 0 Å². The SMILES string of the molecule is CC(C)(C)c1ccc2c(c1)c1cc(C(C)(C)C)ccc1n2-c1cccc(C(=O)c2ccc3c4ccccc4n(-c4ccccc4)c3c2)c1Cl. The summed E-state index contributed by atoms with van der Waals surface area (Å²) >= 11 is 7.32. The van der Waals surface area contributed by atoms with E-state index in [4.69, 9.17) is 11.6 Å². The molecule has 0 radical (unpaired) electrons. The molecule has 0 aliphatic heterocycles. The summed E-state index contributed by atoms with van der Waals surface area (Å²) in [4.78, 5) is 14.4. The summed E-state index contributed by atoms with van der Waals surface area (Å²) in [5.74, 6) is -0.107. The van der Waals surface area contributed by atoms with Crippen LogP contribution in [0.2, 0.25) is 5.02 Å². The summed E-state index contributed by atoms with van der Waals surface area (Å²) in [5.41, 5.74) is 9.69. The Kier molecular flexibility index (Phi) is 7.14. The van der Waals surface area contributed by atoms with E-state index in [1.54, 1.807) is 0 Å². The van der Waals surface area contributed by atoms with Crippen LogP contribution in [0.25, 0.3) is 55.0 Å². The van der Waals surface area contributed by atoms with Crippen LogP contribution < -0.4 is 0 Å². The van der Waals surface area contributed by atoms with Crippen molar-refractivity contribution in [1.29, 1.82) is 0 Å². The molecule has 2 heterocycles. The Morgan fingerprint density at radius 1 is 0.510 bits per heavy atom. The van der Waals surface area contributed by atoms with E-state index in [2.05, 4.69) is 130 Å². The van der Waals surface area contributed by atoms with Crippen molar-refractivity contribution >= 4 is 61.0 Å². The zero-order valence-corrected chi connectivity index (χ0v) is 29.6. The molecule has 2 aromatic heterocycles. The maximum absolute atomic E-state index is 14.4. The largest absolute Gasteiger partial charge is 0.309 e. The van der Waals surface area contributed by atoms with Crippen molar-refractivity contribution in [1.82, 2.24) is 9.13 Å². The van der Waals surface area contributed by atoms with Crippen LogP contribution in [-0.2, 0) is 10.8 Å². The molecule has 0 saturated carbocycles. The quantitative estimate of drug-likeness (QED) is 0.173. The first-order valence-electron chi connectivity index (χ1n) is 16.9. The number of aromatic nitrogens is 2. The number of rotatable bonds is 4. The van der Waals surface area contributed by atoms with Gasteiger partial charge in [0.1, 0.15) is 0 Å². The lowest BCUT2D eigenvalue weighted by atomic mass is 9.85. The number of ketones is 1. The van der Waals surface area contributed by atoms with Crippen molar-refractivity contribution < 1.29 is 4.79 Å². The summed E-state index contributed by atoms with van der Waals surface area (Å²) in [6.45, 7) is 13.5. The van der Waals surface area contributed by atoms with Crippen LogP contribution in [0, 0.1) is 0 Å². The third-order valence-electron chi connectivity index (χ3n) is 9.91. The molecule has 4 heteroatoms. The number of nitrogens with zero attached hydrogens (tertiary/aromatic N) is 2. The molecule has 49 heavy (non-hydrogen) atoms. The topological polar surface area (TPSA) is 26.9 Å². The summed E-state index contributed by atoms with van der Waals surface area (Å²) in [6, 6.07) is 44.0. The third kappa shape index (κ3) is 5.07. The fraction of sp³-hybridized carbons (Fsp3) is 0.178. The van der Waals surface area contributed by atoms with E-state index in [1.807, 2.05) is 48.5 Å². The molecule has 0 bridgehead atoms. The first-order chi connectivity index (χ1) is 23.4. The van der Waals surface area contributed by atoms with E-state index in [-0.39, 0.29) is 16.6 Å². The van der Waals surface area contributed by atoms with Crippen LogP contribution in [0.15, 0.2) is 127 Å². The van der Waals surface area contributed by atoms with E-state index in [9.17, 15) is 4.79 Å². The molecule has 0 unspecified atom stereocenters. The first-order valence-corrected chi connectivity index (χ1v) is 17.3. The number of fused-ring (bicyclic) bond motifs is 6. The second kappa shape index (κ2) is 11.2. The Bertz CT molecular complexity index is 2520. The van der Waals surface area contributed by atoms with Gasteiger partial charge in [0.15, 0.2) is 5.78 Å². The van der Waals surface area contributed by atoms with Crippen LogP contribution in [0.4, 0.5) is 0 Å². The summed E-state index contributed by atoms with van der Waals surface area (Å²) in [7, 11) is 0. The first kappa shape index (κ1) is 31.2. The van der Waals surface area contributed by atoms with Gasteiger partial charge >= 0.3 is 0 Å². The highest BCUT2D eigenvalue weighted by Crippen LogP contribution is 2.40. The van der Waals surface area contributed by atoms with Crippen molar-refractivity contribution in [2.75, 3.05) is 0 Å². The van der Waals surface area contributed by atoms with Gasteiger partial charge in [-0.3, -0.25) is 4.79 Å². The lowest BCUT2D eigenvalue weighted by molar-refractivity contribution is 0.103. The Morgan fingerprint density at radius 3 is 1.71 bits per heavy atom. The van der Waals surface area contributed by atoms with Gasteiger partial charge in [0.05, 0.1) is 32.8 Å². The van der Waals surface area contributed by atoms with Crippen molar-refractivity contribution in [3.63, 3.8) is 0 Å². The number of halogens is 1. The van der Waals surface area contributed by atoms with Gasteiger partial charge in [-0.1, -0.05) is 120 Å². The van der Waals surface area contributed by atoms with Gasteiger partial charge in [0.25, 0.3) is 0 Å². The second-order valence-corrected chi connectivity index (χ2v) is 15.6. The Labute approximate surface area is 292 Å². The number of carbonyl (C=O) groups is 1. The van der Waals surface area contributed by atoms with E-state index >= 15 is 0 Å². The molecule has 0 atom stereocenters. The molecule has 242 valence electrons. The average Bonchev–Trinajstić information content (AvgIpc) is 3.59. The molecule has 0 aliphatic rings. The molecule has 0 amide bonds. The average molecular weight is 659 g/mol. The normalized spacial score (nSPS) is 12.5. The number of para-hydroxylation sites is 2. The standard InChI is InChI=1S/C45H39ClN2O/c1-44(2,3)29-20-23-38-35(26-29)36-27-30(45(4,5)6)21-24-39(36)48(38)40-18-12-16-34(42(40)46)43(49)28-19-22-33-32-15-10-11-17-37(32)47(41(33)25-28)31-13-8-7-9-14-31/h7-27H,1-6H3. The van der Waals surface area contributed by atoms with Gasteiger partial charge < -0.3 is 9.13 Å². The zero-order valence-electron chi connectivity index (χ0n) is 28.8. The van der Waals surface area contributed by atoms with E-state index in [1.165, 1.54) is 21.9 Å². The van der Waals surface area contributed by atoms with Gasteiger partial charge in [-0.15, -0.1) is 0 Å². The Balaban J connectivity index is 1.31. The van der Waals surface area contributed by atoms with Gasteiger partial charge in [0, 0.05) is 38.4 Å². The number of carbonyl (C=O) groups excluding carboxylic acids is 1. The Morgan fingerprint density at radius 2 is 1.08 bits per heavy atom. The zero-order chi connectivity index (χ0) is 34.2. The van der Waals surface area contributed by atoms with Crippen molar-refractivity contribution in [2.24, 2.45) is 0 Å². The molecule has 0 spiro atoms. The minimum Gasteiger partial charge on any atom is -0.309 e. The molecule has 0 aliphatic carbocycles.